The highest BCUT2D eigenvalue weighted by atomic mass is 32.2. The number of pyridine rings is 1. The van der Waals surface area contributed by atoms with Crippen LogP contribution in [0.3, 0.4) is 0 Å². The lowest BCUT2D eigenvalue weighted by molar-refractivity contribution is 0.921. The predicted molar refractivity (Wildman–Crippen MR) is 72.7 cm³/mol. The molecular weight excluding hydrogens is 244 g/mol. The predicted octanol–water partition coefficient (Wildman–Crippen LogP) is 2.77. The molecular formula is C13H12N4S. The Morgan fingerprint density at radius 2 is 2.06 bits per heavy atom. The van der Waals surface area contributed by atoms with Crippen LogP contribution >= 0.6 is 11.8 Å². The number of rotatable bonds is 2. The smallest absolute Gasteiger partial charge is 0.200 e. The highest BCUT2D eigenvalue weighted by molar-refractivity contribution is 7.99. The van der Waals surface area contributed by atoms with E-state index in [-0.39, 0.29) is 0 Å². The number of hydrogen-bond donors (Lipinski definition) is 1. The van der Waals surface area contributed by atoms with E-state index in [1.165, 1.54) is 5.56 Å². The lowest BCUT2D eigenvalue weighted by Crippen LogP contribution is -1.90. The van der Waals surface area contributed by atoms with E-state index in [2.05, 4.69) is 17.1 Å². The van der Waals surface area contributed by atoms with Crippen molar-refractivity contribution in [3.05, 3.63) is 48.2 Å². The molecule has 0 saturated carbocycles. The summed E-state index contributed by atoms with van der Waals surface area (Å²) in [6.45, 7) is 2.06. The molecule has 3 rings (SSSR count). The molecule has 0 aliphatic rings. The minimum Gasteiger partial charge on any atom is -0.399 e. The van der Waals surface area contributed by atoms with Gasteiger partial charge in [0.1, 0.15) is 0 Å². The molecule has 0 radical (unpaired) electrons. The molecule has 0 aliphatic heterocycles. The zero-order valence-corrected chi connectivity index (χ0v) is 10.7. The van der Waals surface area contributed by atoms with Crippen LogP contribution in [0.1, 0.15) is 5.56 Å². The third-order valence-corrected chi connectivity index (χ3v) is 3.82. The number of anilines is 1. The van der Waals surface area contributed by atoms with Crippen LogP contribution in [-0.4, -0.2) is 14.6 Å². The van der Waals surface area contributed by atoms with Crippen LogP contribution < -0.4 is 5.73 Å². The lowest BCUT2D eigenvalue weighted by Gasteiger charge is -2.05. The van der Waals surface area contributed by atoms with Crippen molar-refractivity contribution in [1.82, 2.24) is 14.6 Å². The third-order valence-electron chi connectivity index (χ3n) is 2.70. The minimum atomic E-state index is 0.761. The average Bonchev–Trinajstić information content (AvgIpc) is 2.78. The Bertz CT molecular complexity index is 705. The van der Waals surface area contributed by atoms with Crippen LogP contribution in [0.4, 0.5) is 5.69 Å². The first kappa shape index (κ1) is 11.1. The lowest BCUT2D eigenvalue weighted by atomic mass is 10.2. The second-order valence-electron chi connectivity index (χ2n) is 4.04. The first-order chi connectivity index (χ1) is 8.74. The van der Waals surface area contributed by atoms with Crippen LogP contribution in [0.5, 0.6) is 0 Å². The summed E-state index contributed by atoms with van der Waals surface area (Å²) in [5, 5.41) is 9.17. The van der Waals surface area contributed by atoms with Gasteiger partial charge in [0.25, 0.3) is 0 Å². The van der Waals surface area contributed by atoms with Crippen molar-refractivity contribution in [3.8, 4) is 0 Å². The Morgan fingerprint density at radius 3 is 2.94 bits per heavy atom. The maximum absolute atomic E-state index is 5.81. The van der Waals surface area contributed by atoms with Gasteiger partial charge in [0, 0.05) is 16.8 Å². The molecule has 18 heavy (non-hydrogen) atoms. The number of aromatic nitrogens is 3. The molecule has 0 aliphatic carbocycles. The Kier molecular flexibility index (Phi) is 2.68. The molecule has 0 atom stereocenters. The molecule has 0 spiro atoms. The largest absolute Gasteiger partial charge is 0.399 e. The van der Waals surface area contributed by atoms with E-state index >= 15 is 0 Å². The van der Waals surface area contributed by atoms with E-state index in [1.54, 1.807) is 11.8 Å². The van der Waals surface area contributed by atoms with Crippen molar-refractivity contribution >= 4 is 23.1 Å². The van der Waals surface area contributed by atoms with E-state index in [4.69, 9.17) is 5.73 Å². The average molecular weight is 256 g/mol. The fraction of sp³-hybridized carbons (Fsp3) is 0.0769. The van der Waals surface area contributed by atoms with Gasteiger partial charge in [0.05, 0.1) is 0 Å². The van der Waals surface area contributed by atoms with Gasteiger partial charge in [-0.1, -0.05) is 12.1 Å². The Balaban J connectivity index is 2.04. The van der Waals surface area contributed by atoms with E-state index < -0.39 is 0 Å². The molecule has 0 saturated heterocycles. The summed E-state index contributed by atoms with van der Waals surface area (Å²) in [4.78, 5) is 1.10. The van der Waals surface area contributed by atoms with Gasteiger partial charge in [-0.05, 0) is 48.5 Å². The molecule has 3 aromatic rings. The summed E-state index contributed by atoms with van der Waals surface area (Å²) in [7, 11) is 0. The van der Waals surface area contributed by atoms with E-state index in [9.17, 15) is 0 Å². The fourth-order valence-electron chi connectivity index (χ4n) is 1.71. The second kappa shape index (κ2) is 4.34. The molecule has 1 aromatic carbocycles. The molecule has 2 heterocycles. The molecule has 90 valence electrons. The molecule has 5 heteroatoms. The van der Waals surface area contributed by atoms with Gasteiger partial charge < -0.3 is 5.73 Å². The van der Waals surface area contributed by atoms with Crippen molar-refractivity contribution in [2.24, 2.45) is 0 Å². The number of nitrogens with zero attached hydrogens (tertiary/aromatic N) is 3. The van der Waals surface area contributed by atoms with Crippen molar-refractivity contribution in [2.45, 2.75) is 17.0 Å². The number of nitrogen functional groups attached to an aromatic ring is 1. The summed E-state index contributed by atoms with van der Waals surface area (Å²) in [6, 6.07) is 11.7. The summed E-state index contributed by atoms with van der Waals surface area (Å²) in [5.74, 6) is 0. The van der Waals surface area contributed by atoms with Crippen molar-refractivity contribution in [3.63, 3.8) is 0 Å². The number of fused-ring (bicyclic) bond motifs is 1. The summed E-state index contributed by atoms with van der Waals surface area (Å²) in [6.07, 6.45) is 1.96. The number of aryl methyl sites for hydroxylation is 1. The van der Waals surface area contributed by atoms with Gasteiger partial charge in [0.2, 0.25) is 0 Å². The monoisotopic (exact) mass is 256 g/mol. The Hall–Kier alpha value is -2.01. The maximum atomic E-state index is 5.81. The Labute approximate surface area is 109 Å². The topological polar surface area (TPSA) is 56.2 Å². The summed E-state index contributed by atoms with van der Waals surface area (Å²) < 4.78 is 1.97. The zero-order chi connectivity index (χ0) is 12.5. The van der Waals surface area contributed by atoms with Gasteiger partial charge in [0.15, 0.2) is 10.8 Å². The molecule has 0 amide bonds. The molecule has 4 nitrogen and oxygen atoms in total. The minimum absolute atomic E-state index is 0.761. The van der Waals surface area contributed by atoms with Gasteiger partial charge in [-0.2, -0.15) is 0 Å². The normalized spacial score (nSPS) is 10.9. The van der Waals surface area contributed by atoms with Gasteiger partial charge in [-0.3, -0.25) is 4.40 Å². The SMILES string of the molecule is Cc1ccc(N)cc1Sc1nnc2ccccn12. The first-order valence-electron chi connectivity index (χ1n) is 5.58. The number of hydrogen-bond acceptors (Lipinski definition) is 4. The van der Waals surface area contributed by atoms with Crippen LogP contribution in [0.25, 0.3) is 5.65 Å². The molecule has 0 bridgehead atoms. The molecule has 0 fully saturated rings. The van der Waals surface area contributed by atoms with Crippen LogP contribution in [0.15, 0.2) is 52.6 Å². The molecule has 2 aromatic heterocycles. The van der Waals surface area contributed by atoms with Gasteiger partial charge in [-0.25, -0.2) is 0 Å². The quantitative estimate of drug-likeness (QED) is 0.716. The van der Waals surface area contributed by atoms with Crippen LogP contribution in [-0.2, 0) is 0 Å². The van der Waals surface area contributed by atoms with Crippen molar-refractivity contribution < 1.29 is 0 Å². The Morgan fingerprint density at radius 1 is 1.17 bits per heavy atom. The first-order valence-corrected chi connectivity index (χ1v) is 6.39. The molecule has 2 N–H and O–H groups in total. The highest BCUT2D eigenvalue weighted by Crippen LogP contribution is 2.30. The van der Waals surface area contributed by atoms with E-state index in [0.29, 0.717) is 0 Å². The maximum Gasteiger partial charge on any atom is 0.200 e. The van der Waals surface area contributed by atoms with Crippen LogP contribution in [0, 0.1) is 6.92 Å². The molecule has 0 unspecified atom stereocenters. The van der Waals surface area contributed by atoms with E-state index in [1.807, 2.05) is 47.0 Å². The third kappa shape index (κ3) is 1.93. The van der Waals surface area contributed by atoms with Gasteiger partial charge in [-0.15, -0.1) is 10.2 Å². The summed E-state index contributed by atoms with van der Waals surface area (Å²) in [5.41, 5.74) is 8.60. The van der Waals surface area contributed by atoms with Crippen LogP contribution in [0.2, 0.25) is 0 Å². The summed E-state index contributed by atoms with van der Waals surface area (Å²) >= 11 is 1.57. The zero-order valence-electron chi connectivity index (χ0n) is 9.87. The van der Waals surface area contributed by atoms with Gasteiger partial charge >= 0.3 is 0 Å². The number of nitrogens with two attached hydrogens (primary N) is 1. The van der Waals surface area contributed by atoms with E-state index in [0.717, 1.165) is 21.4 Å². The second-order valence-corrected chi connectivity index (χ2v) is 5.05. The van der Waals surface area contributed by atoms with Crippen molar-refractivity contribution in [1.29, 1.82) is 0 Å². The fourth-order valence-corrected chi connectivity index (χ4v) is 2.67. The van der Waals surface area contributed by atoms with Crippen molar-refractivity contribution in [2.75, 3.05) is 5.73 Å². The highest BCUT2D eigenvalue weighted by Gasteiger charge is 2.08. The number of benzene rings is 1. The standard InChI is InChI=1S/C13H12N4S/c1-9-5-6-10(14)8-11(9)18-13-16-15-12-4-2-3-7-17(12)13/h2-8H,14H2,1H3.